The fourth-order valence-corrected chi connectivity index (χ4v) is 4.46. The van der Waals surface area contributed by atoms with E-state index in [1.54, 1.807) is 18.4 Å². The Morgan fingerprint density at radius 1 is 1.47 bits per heavy atom. The lowest BCUT2D eigenvalue weighted by Crippen LogP contribution is -2.39. The SMILES string of the molecule is COc1csc(C(O)C2CCOC3(CCCC3)C2)c1. The molecule has 4 heteroatoms. The molecule has 3 nitrogen and oxygen atoms in total. The zero-order valence-corrected chi connectivity index (χ0v) is 12.2. The highest BCUT2D eigenvalue weighted by atomic mass is 32.1. The number of rotatable bonds is 3. The number of methoxy groups -OCH3 is 1. The molecule has 1 aliphatic carbocycles. The van der Waals surface area contributed by atoms with Crippen molar-refractivity contribution in [2.45, 2.75) is 50.2 Å². The molecule has 1 saturated heterocycles. The lowest BCUT2D eigenvalue weighted by atomic mass is 9.81. The summed E-state index contributed by atoms with van der Waals surface area (Å²) in [7, 11) is 1.67. The normalized spacial score (nSPS) is 27.6. The van der Waals surface area contributed by atoms with Gasteiger partial charge in [-0.1, -0.05) is 12.8 Å². The largest absolute Gasteiger partial charge is 0.496 e. The highest BCUT2D eigenvalue weighted by molar-refractivity contribution is 7.10. The summed E-state index contributed by atoms with van der Waals surface area (Å²) < 4.78 is 11.2. The number of ether oxygens (including phenoxy) is 2. The molecule has 19 heavy (non-hydrogen) atoms. The fraction of sp³-hybridized carbons (Fsp3) is 0.733. The third kappa shape index (κ3) is 2.67. The number of aliphatic hydroxyl groups is 1. The third-order valence-electron chi connectivity index (χ3n) is 4.62. The Kier molecular flexibility index (Phi) is 3.83. The highest BCUT2D eigenvalue weighted by Crippen LogP contribution is 2.46. The maximum atomic E-state index is 10.6. The first kappa shape index (κ1) is 13.4. The molecule has 2 unspecified atom stereocenters. The van der Waals surface area contributed by atoms with Gasteiger partial charge in [0.15, 0.2) is 0 Å². The minimum atomic E-state index is -0.365. The van der Waals surface area contributed by atoms with Crippen LogP contribution in [0.1, 0.15) is 49.5 Å². The average Bonchev–Trinajstić information content (AvgIpc) is 3.07. The van der Waals surface area contributed by atoms with E-state index in [4.69, 9.17) is 9.47 Å². The molecular formula is C15H22O3S. The molecular weight excluding hydrogens is 260 g/mol. The Labute approximate surface area is 118 Å². The highest BCUT2D eigenvalue weighted by Gasteiger charge is 2.42. The van der Waals surface area contributed by atoms with Crippen molar-refractivity contribution in [2.75, 3.05) is 13.7 Å². The molecule has 1 aromatic heterocycles. The minimum Gasteiger partial charge on any atom is -0.496 e. The van der Waals surface area contributed by atoms with E-state index in [9.17, 15) is 5.11 Å². The first-order valence-electron chi connectivity index (χ1n) is 7.17. The van der Waals surface area contributed by atoms with Crippen LogP contribution < -0.4 is 4.74 Å². The van der Waals surface area contributed by atoms with E-state index in [0.717, 1.165) is 30.1 Å². The molecule has 0 bridgehead atoms. The fourth-order valence-electron chi connectivity index (χ4n) is 3.53. The van der Waals surface area contributed by atoms with Gasteiger partial charge in [0.25, 0.3) is 0 Å². The van der Waals surface area contributed by atoms with Gasteiger partial charge in [-0.3, -0.25) is 0 Å². The summed E-state index contributed by atoms with van der Waals surface area (Å²) in [6.07, 6.45) is 6.49. The van der Waals surface area contributed by atoms with Crippen LogP contribution in [0.25, 0.3) is 0 Å². The van der Waals surface area contributed by atoms with Gasteiger partial charge in [0.05, 0.1) is 18.8 Å². The maximum Gasteiger partial charge on any atom is 0.129 e. The molecule has 1 aliphatic heterocycles. The summed E-state index contributed by atoms with van der Waals surface area (Å²) in [5, 5.41) is 12.6. The molecule has 1 saturated carbocycles. The van der Waals surface area contributed by atoms with Crippen molar-refractivity contribution >= 4 is 11.3 Å². The van der Waals surface area contributed by atoms with Crippen LogP contribution in [-0.4, -0.2) is 24.4 Å². The van der Waals surface area contributed by atoms with E-state index in [1.165, 1.54) is 25.7 Å². The Balaban J connectivity index is 1.70. The lowest BCUT2D eigenvalue weighted by Gasteiger charge is -2.39. The van der Waals surface area contributed by atoms with Crippen LogP contribution in [0, 0.1) is 5.92 Å². The molecule has 2 heterocycles. The Morgan fingerprint density at radius 2 is 2.26 bits per heavy atom. The molecule has 3 rings (SSSR count). The Hall–Kier alpha value is -0.580. The van der Waals surface area contributed by atoms with E-state index in [0.29, 0.717) is 5.92 Å². The first-order chi connectivity index (χ1) is 9.22. The van der Waals surface area contributed by atoms with E-state index < -0.39 is 0 Å². The number of hydrogen-bond donors (Lipinski definition) is 1. The van der Waals surface area contributed by atoms with E-state index in [2.05, 4.69) is 0 Å². The molecule has 1 spiro atoms. The van der Waals surface area contributed by atoms with Crippen molar-refractivity contribution in [3.05, 3.63) is 16.3 Å². The van der Waals surface area contributed by atoms with E-state index in [1.807, 2.05) is 11.4 Å². The molecule has 1 aromatic rings. The van der Waals surface area contributed by atoms with Crippen LogP contribution in [0.2, 0.25) is 0 Å². The van der Waals surface area contributed by atoms with Gasteiger partial charge < -0.3 is 14.6 Å². The Morgan fingerprint density at radius 3 is 2.95 bits per heavy atom. The van der Waals surface area contributed by atoms with Gasteiger partial charge in [0.1, 0.15) is 5.75 Å². The van der Waals surface area contributed by atoms with Gasteiger partial charge in [0.2, 0.25) is 0 Å². The topological polar surface area (TPSA) is 38.7 Å². The zero-order valence-electron chi connectivity index (χ0n) is 11.4. The van der Waals surface area contributed by atoms with E-state index in [-0.39, 0.29) is 11.7 Å². The van der Waals surface area contributed by atoms with Crippen LogP contribution in [0.3, 0.4) is 0 Å². The van der Waals surface area contributed by atoms with Crippen LogP contribution in [-0.2, 0) is 4.74 Å². The number of hydrogen-bond acceptors (Lipinski definition) is 4. The van der Waals surface area contributed by atoms with Gasteiger partial charge in [-0.05, 0) is 37.7 Å². The average molecular weight is 282 g/mol. The number of aliphatic hydroxyl groups excluding tert-OH is 1. The smallest absolute Gasteiger partial charge is 0.129 e. The van der Waals surface area contributed by atoms with Crippen molar-refractivity contribution < 1.29 is 14.6 Å². The predicted molar refractivity (Wildman–Crippen MR) is 75.7 cm³/mol. The second kappa shape index (κ2) is 5.43. The second-order valence-corrected chi connectivity index (χ2v) is 6.77. The Bertz CT molecular complexity index is 423. The first-order valence-corrected chi connectivity index (χ1v) is 8.05. The summed E-state index contributed by atoms with van der Waals surface area (Å²) in [6.45, 7) is 0.796. The summed E-state index contributed by atoms with van der Waals surface area (Å²) >= 11 is 1.59. The van der Waals surface area contributed by atoms with Crippen molar-refractivity contribution in [3.8, 4) is 5.75 Å². The summed E-state index contributed by atoms with van der Waals surface area (Å²) in [5.74, 6) is 1.18. The molecule has 0 aromatic carbocycles. The predicted octanol–water partition coefficient (Wildman–Crippen LogP) is 3.53. The molecule has 2 fully saturated rings. The zero-order chi connectivity index (χ0) is 13.3. The molecule has 0 radical (unpaired) electrons. The van der Waals surface area contributed by atoms with Crippen LogP contribution in [0.4, 0.5) is 0 Å². The van der Waals surface area contributed by atoms with Crippen molar-refractivity contribution in [1.82, 2.24) is 0 Å². The lowest BCUT2D eigenvalue weighted by molar-refractivity contribution is -0.113. The summed E-state index contributed by atoms with van der Waals surface area (Å²) in [4.78, 5) is 1.02. The van der Waals surface area contributed by atoms with Gasteiger partial charge in [0, 0.05) is 16.9 Å². The molecule has 106 valence electrons. The van der Waals surface area contributed by atoms with Crippen LogP contribution >= 0.6 is 11.3 Å². The van der Waals surface area contributed by atoms with Crippen molar-refractivity contribution in [1.29, 1.82) is 0 Å². The van der Waals surface area contributed by atoms with E-state index >= 15 is 0 Å². The maximum absolute atomic E-state index is 10.6. The summed E-state index contributed by atoms with van der Waals surface area (Å²) in [6, 6.07) is 1.96. The monoisotopic (exact) mass is 282 g/mol. The van der Waals surface area contributed by atoms with Gasteiger partial charge in [-0.15, -0.1) is 11.3 Å². The van der Waals surface area contributed by atoms with Gasteiger partial charge in [-0.25, -0.2) is 0 Å². The van der Waals surface area contributed by atoms with Crippen LogP contribution in [0.15, 0.2) is 11.4 Å². The minimum absolute atomic E-state index is 0.0746. The second-order valence-electron chi connectivity index (χ2n) is 5.83. The standard InChI is InChI=1S/C15H22O3S/c1-17-12-8-13(19-10-12)14(16)11-4-7-18-15(9-11)5-2-3-6-15/h8,10-11,14,16H,2-7,9H2,1H3. The third-order valence-corrected chi connectivity index (χ3v) is 5.60. The molecule has 1 N–H and O–H groups in total. The number of thiophene rings is 1. The van der Waals surface area contributed by atoms with Gasteiger partial charge in [-0.2, -0.15) is 0 Å². The quantitative estimate of drug-likeness (QED) is 0.921. The summed E-state index contributed by atoms with van der Waals surface area (Å²) in [5.41, 5.74) is 0.0746. The van der Waals surface area contributed by atoms with Crippen molar-refractivity contribution in [3.63, 3.8) is 0 Å². The van der Waals surface area contributed by atoms with Crippen molar-refractivity contribution in [2.24, 2.45) is 5.92 Å². The van der Waals surface area contributed by atoms with Crippen LogP contribution in [0.5, 0.6) is 5.75 Å². The van der Waals surface area contributed by atoms with Gasteiger partial charge >= 0.3 is 0 Å². The molecule has 2 atom stereocenters. The molecule has 2 aliphatic rings. The molecule has 0 amide bonds.